The minimum Gasteiger partial charge on any atom is -0.342 e. The van der Waals surface area contributed by atoms with Crippen molar-refractivity contribution in [2.24, 2.45) is 5.41 Å². The lowest BCUT2D eigenvalue weighted by atomic mass is 9.69. The summed E-state index contributed by atoms with van der Waals surface area (Å²) in [6.07, 6.45) is 1.04. The third-order valence-electron chi connectivity index (χ3n) is 5.03. The Morgan fingerprint density at radius 2 is 2.00 bits per heavy atom. The largest absolute Gasteiger partial charge is 0.342 e. The molecule has 0 spiro atoms. The van der Waals surface area contributed by atoms with Gasteiger partial charge in [0, 0.05) is 40.4 Å². The first kappa shape index (κ1) is 16.0. The predicted octanol–water partition coefficient (Wildman–Crippen LogP) is 4.20. The van der Waals surface area contributed by atoms with E-state index >= 15 is 0 Å². The van der Waals surface area contributed by atoms with Crippen LogP contribution in [0.25, 0.3) is 0 Å². The highest BCUT2D eigenvalue weighted by Crippen LogP contribution is 2.49. The molecule has 0 saturated carbocycles. The summed E-state index contributed by atoms with van der Waals surface area (Å²) in [4.78, 5) is 12.9. The van der Waals surface area contributed by atoms with Crippen LogP contribution in [-0.2, 0) is 4.79 Å². The average molecular weight is 343 g/mol. The lowest BCUT2D eigenvalue weighted by Gasteiger charge is -2.38. The molecule has 0 amide bonds. The van der Waals surface area contributed by atoms with Gasteiger partial charge in [0.1, 0.15) is 11.6 Å². The van der Waals surface area contributed by atoms with E-state index in [0.717, 1.165) is 23.5 Å². The molecule has 25 heavy (non-hydrogen) atoms. The quantitative estimate of drug-likeness (QED) is 0.816. The molecule has 0 radical (unpaired) electrons. The molecular formula is C19H19F2N3O. The summed E-state index contributed by atoms with van der Waals surface area (Å²) in [6, 6.07) is 3.38. The molecule has 130 valence electrons. The van der Waals surface area contributed by atoms with Crippen LogP contribution < -0.4 is 5.32 Å². The number of hydrogen-bond donors (Lipinski definition) is 2. The number of H-pyrrole nitrogens is 1. The summed E-state index contributed by atoms with van der Waals surface area (Å²) >= 11 is 0. The van der Waals surface area contributed by atoms with Crippen molar-refractivity contribution in [2.75, 3.05) is 5.32 Å². The van der Waals surface area contributed by atoms with E-state index < -0.39 is 17.6 Å². The molecule has 0 fully saturated rings. The number of nitrogens with zero attached hydrogens (tertiary/aromatic N) is 1. The smallest absolute Gasteiger partial charge is 0.162 e. The molecule has 1 aromatic carbocycles. The van der Waals surface area contributed by atoms with Crippen LogP contribution in [0.4, 0.5) is 14.6 Å². The zero-order valence-electron chi connectivity index (χ0n) is 14.3. The molecule has 1 unspecified atom stereocenters. The van der Waals surface area contributed by atoms with Crippen LogP contribution in [0.1, 0.15) is 49.4 Å². The fourth-order valence-corrected chi connectivity index (χ4v) is 4.00. The summed E-state index contributed by atoms with van der Waals surface area (Å²) in [7, 11) is 0. The second-order valence-corrected chi connectivity index (χ2v) is 7.67. The number of aromatic amines is 1. The third kappa shape index (κ3) is 2.47. The van der Waals surface area contributed by atoms with Crippen LogP contribution in [0.5, 0.6) is 0 Å². The average Bonchev–Trinajstić information content (AvgIpc) is 2.87. The van der Waals surface area contributed by atoms with E-state index in [4.69, 9.17) is 0 Å². The number of aromatic nitrogens is 2. The van der Waals surface area contributed by atoms with Gasteiger partial charge in [0.15, 0.2) is 11.6 Å². The van der Waals surface area contributed by atoms with Crippen LogP contribution in [-0.4, -0.2) is 16.0 Å². The predicted molar refractivity (Wildman–Crippen MR) is 90.2 cm³/mol. The zero-order chi connectivity index (χ0) is 17.9. The number of ketones is 1. The number of rotatable bonds is 1. The standard InChI is InChI=1S/C19H19F2N3O/c1-9-15-16(11-6-10(20)4-5-12(11)21)17-13(22-18(15)24-23-9)7-19(2,3)8-14(17)25/h4-6,16H,7-8H2,1-3H3,(H2,22,23,24). The van der Waals surface area contributed by atoms with Crippen molar-refractivity contribution in [3.05, 3.63) is 57.9 Å². The van der Waals surface area contributed by atoms with E-state index in [1.807, 2.05) is 20.8 Å². The summed E-state index contributed by atoms with van der Waals surface area (Å²) in [5, 5.41) is 10.4. The maximum Gasteiger partial charge on any atom is 0.162 e. The second kappa shape index (κ2) is 5.25. The molecule has 1 aliphatic heterocycles. The number of halogens is 2. The van der Waals surface area contributed by atoms with Crippen LogP contribution in [0.15, 0.2) is 29.5 Å². The van der Waals surface area contributed by atoms with Gasteiger partial charge in [-0.25, -0.2) is 8.78 Å². The second-order valence-electron chi connectivity index (χ2n) is 7.67. The molecular weight excluding hydrogens is 324 g/mol. The minimum atomic E-state index is -0.649. The molecule has 6 heteroatoms. The highest BCUT2D eigenvalue weighted by molar-refractivity contribution is 6.01. The molecule has 2 aliphatic rings. The van der Waals surface area contributed by atoms with Crippen molar-refractivity contribution in [2.45, 2.75) is 39.5 Å². The summed E-state index contributed by atoms with van der Waals surface area (Å²) in [6.45, 7) is 5.87. The molecule has 1 aromatic heterocycles. The number of Topliss-reactive ketones (excluding diaryl/α,β-unsaturated/α-hetero) is 1. The summed E-state index contributed by atoms with van der Waals surface area (Å²) in [5.41, 5.74) is 2.72. The monoisotopic (exact) mass is 343 g/mol. The first-order valence-corrected chi connectivity index (χ1v) is 8.30. The van der Waals surface area contributed by atoms with Crippen molar-refractivity contribution < 1.29 is 13.6 Å². The normalized spacial score (nSPS) is 21.6. The maximum absolute atomic E-state index is 14.6. The van der Waals surface area contributed by atoms with E-state index in [2.05, 4.69) is 15.5 Å². The van der Waals surface area contributed by atoms with Gasteiger partial charge in [-0.05, 0) is 37.0 Å². The number of carbonyl (C=O) groups is 1. The number of anilines is 1. The third-order valence-corrected chi connectivity index (χ3v) is 5.03. The van der Waals surface area contributed by atoms with E-state index in [0.29, 0.717) is 29.8 Å². The number of fused-ring (bicyclic) bond motifs is 1. The van der Waals surface area contributed by atoms with Crippen LogP contribution in [0.2, 0.25) is 0 Å². The van der Waals surface area contributed by atoms with Gasteiger partial charge in [0.05, 0.1) is 0 Å². The van der Waals surface area contributed by atoms with Crippen LogP contribution in [0.3, 0.4) is 0 Å². The Bertz CT molecular complexity index is 927. The molecule has 1 atom stereocenters. The van der Waals surface area contributed by atoms with Gasteiger partial charge in [-0.2, -0.15) is 5.10 Å². The van der Waals surface area contributed by atoms with Crippen molar-refractivity contribution >= 4 is 11.6 Å². The van der Waals surface area contributed by atoms with Crippen LogP contribution >= 0.6 is 0 Å². The fourth-order valence-electron chi connectivity index (χ4n) is 4.00. The molecule has 0 bridgehead atoms. The number of aryl methyl sites for hydroxylation is 1. The molecule has 2 N–H and O–H groups in total. The summed E-state index contributed by atoms with van der Waals surface area (Å²) in [5.74, 6) is -1.15. The van der Waals surface area contributed by atoms with E-state index in [1.54, 1.807) is 0 Å². The van der Waals surface area contributed by atoms with Gasteiger partial charge < -0.3 is 5.32 Å². The van der Waals surface area contributed by atoms with Crippen molar-refractivity contribution in [3.63, 3.8) is 0 Å². The van der Waals surface area contributed by atoms with Gasteiger partial charge >= 0.3 is 0 Å². The van der Waals surface area contributed by atoms with E-state index in [9.17, 15) is 13.6 Å². The molecule has 4 nitrogen and oxygen atoms in total. The first-order valence-electron chi connectivity index (χ1n) is 8.30. The topological polar surface area (TPSA) is 57.8 Å². The number of carbonyl (C=O) groups excluding carboxylic acids is 1. The number of benzene rings is 1. The van der Waals surface area contributed by atoms with Crippen molar-refractivity contribution in [3.8, 4) is 0 Å². The first-order chi connectivity index (χ1) is 11.8. The highest BCUT2D eigenvalue weighted by atomic mass is 19.1. The number of nitrogens with one attached hydrogen (secondary N) is 2. The molecule has 2 aromatic rings. The Balaban J connectivity index is 1.98. The molecule has 0 saturated heterocycles. The number of hydrogen-bond acceptors (Lipinski definition) is 3. The fraction of sp³-hybridized carbons (Fsp3) is 0.368. The molecule has 2 heterocycles. The molecule has 1 aliphatic carbocycles. The van der Waals surface area contributed by atoms with E-state index in [-0.39, 0.29) is 16.8 Å². The Labute approximate surface area is 144 Å². The Hall–Kier alpha value is -2.50. The van der Waals surface area contributed by atoms with Crippen molar-refractivity contribution in [1.29, 1.82) is 0 Å². The summed E-state index contributed by atoms with van der Waals surface area (Å²) < 4.78 is 28.4. The molecule has 4 rings (SSSR count). The van der Waals surface area contributed by atoms with Crippen LogP contribution in [0, 0.1) is 24.0 Å². The minimum absolute atomic E-state index is 0.0290. The maximum atomic E-state index is 14.6. The zero-order valence-corrected chi connectivity index (χ0v) is 14.3. The van der Waals surface area contributed by atoms with Gasteiger partial charge in [0.2, 0.25) is 0 Å². The van der Waals surface area contributed by atoms with Gasteiger partial charge in [-0.1, -0.05) is 13.8 Å². The van der Waals surface area contributed by atoms with E-state index in [1.165, 1.54) is 6.07 Å². The SMILES string of the molecule is Cc1[nH]nc2c1C(c1cc(F)ccc1F)C1=C(CC(C)(C)CC1=O)N2. The lowest BCUT2D eigenvalue weighted by molar-refractivity contribution is -0.118. The highest BCUT2D eigenvalue weighted by Gasteiger charge is 2.43. The Kier molecular flexibility index (Phi) is 3.36. The number of allylic oxidation sites excluding steroid dienone is 2. The van der Waals surface area contributed by atoms with Gasteiger partial charge in [-0.3, -0.25) is 9.89 Å². The Morgan fingerprint density at radius 1 is 1.24 bits per heavy atom. The van der Waals surface area contributed by atoms with Gasteiger partial charge in [0.25, 0.3) is 0 Å². The Morgan fingerprint density at radius 3 is 2.76 bits per heavy atom. The van der Waals surface area contributed by atoms with Crippen molar-refractivity contribution in [1.82, 2.24) is 10.2 Å². The van der Waals surface area contributed by atoms with Gasteiger partial charge in [-0.15, -0.1) is 0 Å². The lowest BCUT2D eigenvalue weighted by Crippen LogP contribution is -2.34.